The molecule has 2 fully saturated rings. The highest BCUT2D eigenvalue weighted by molar-refractivity contribution is 5.78. The molecule has 1 N–H and O–H groups in total. The van der Waals surface area contributed by atoms with Gasteiger partial charge in [0.1, 0.15) is 17.6 Å². The maximum Gasteiger partial charge on any atom is 0.258 e. The second kappa shape index (κ2) is 6.27. The minimum absolute atomic E-state index is 0.00893. The van der Waals surface area contributed by atoms with Gasteiger partial charge in [-0.15, -0.1) is 0 Å². The van der Waals surface area contributed by atoms with Crippen LogP contribution in [0.3, 0.4) is 0 Å². The SMILES string of the molecule is COc1cc(OCC(=O)NC(C2CC2)C2CC2)ccc1C#N. The molecule has 0 radical (unpaired) electrons. The molecule has 0 saturated heterocycles. The zero-order chi connectivity index (χ0) is 15.5. The third-order valence-electron chi connectivity index (χ3n) is 4.25. The van der Waals surface area contributed by atoms with Gasteiger partial charge < -0.3 is 14.8 Å². The van der Waals surface area contributed by atoms with Gasteiger partial charge >= 0.3 is 0 Å². The van der Waals surface area contributed by atoms with Gasteiger partial charge in [-0.25, -0.2) is 0 Å². The van der Waals surface area contributed by atoms with Gasteiger partial charge in [-0.1, -0.05) is 0 Å². The molecule has 2 saturated carbocycles. The average Bonchev–Trinajstić information content (AvgIpc) is 3.42. The summed E-state index contributed by atoms with van der Waals surface area (Å²) in [6.45, 7) is -0.00893. The maximum absolute atomic E-state index is 12.0. The summed E-state index contributed by atoms with van der Waals surface area (Å²) in [4.78, 5) is 12.0. The number of methoxy groups -OCH3 is 1. The van der Waals surface area contributed by atoms with Gasteiger partial charge in [0, 0.05) is 12.1 Å². The molecule has 2 aliphatic rings. The fourth-order valence-corrected chi connectivity index (χ4v) is 2.76. The van der Waals surface area contributed by atoms with Gasteiger partial charge in [-0.05, 0) is 49.7 Å². The molecule has 1 amide bonds. The molecule has 22 heavy (non-hydrogen) atoms. The molecule has 116 valence electrons. The highest BCUT2D eigenvalue weighted by Gasteiger charge is 2.42. The van der Waals surface area contributed by atoms with Crippen LogP contribution in [0, 0.1) is 23.2 Å². The Balaban J connectivity index is 1.53. The summed E-state index contributed by atoms with van der Waals surface area (Å²) in [5, 5.41) is 12.1. The number of rotatable bonds is 7. The largest absolute Gasteiger partial charge is 0.495 e. The number of benzene rings is 1. The lowest BCUT2D eigenvalue weighted by molar-refractivity contribution is -0.124. The summed E-state index contributed by atoms with van der Waals surface area (Å²) < 4.78 is 10.6. The van der Waals surface area contributed by atoms with Crippen LogP contribution < -0.4 is 14.8 Å². The van der Waals surface area contributed by atoms with Crippen LogP contribution in [-0.2, 0) is 4.79 Å². The van der Waals surface area contributed by atoms with Crippen LogP contribution in [0.15, 0.2) is 18.2 Å². The quantitative estimate of drug-likeness (QED) is 0.838. The van der Waals surface area contributed by atoms with Crippen molar-refractivity contribution in [1.82, 2.24) is 5.32 Å². The molecule has 0 atom stereocenters. The van der Waals surface area contributed by atoms with Crippen molar-refractivity contribution >= 4 is 5.91 Å². The number of nitrogens with one attached hydrogen (secondary N) is 1. The fourth-order valence-electron chi connectivity index (χ4n) is 2.76. The van der Waals surface area contributed by atoms with E-state index in [9.17, 15) is 4.79 Å². The van der Waals surface area contributed by atoms with E-state index in [1.807, 2.05) is 6.07 Å². The van der Waals surface area contributed by atoms with Crippen molar-refractivity contribution in [1.29, 1.82) is 5.26 Å². The van der Waals surface area contributed by atoms with E-state index in [1.54, 1.807) is 18.2 Å². The van der Waals surface area contributed by atoms with E-state index < -0.39 is 0 Å². The standard InChI is InChI=1S/C17H20N2O3/c1-21-15-8-14(7-6-13(15)9-18)22-10-16(20)19-17(11-2-3-11)12-4-5-12/h6-8,11-12,17H,2-5,10H2,1H3,(H,19,20). The van der Waals surface area contributed by atoms with Gasteiger partial charge in [0.05, 0.1) is 12.7 Å². The summed E-state index contributed by atoms with van der Waals surface area (Å²) in [5.41, 5.74) is 0.446. The first-order valence-corrected chi connectivity index (χ1v) is 7.71. The normalized spacial score (nSPS) is 17.0. The monoisotopic (exact) mass is 300 g/mol. The summed E-state index contributed by atoms with van der Waals surface area (Å²) in [7, 11) is 1.50. The zero-order valence-corrected chi connectivity index (χ0v) is 12.7. The van der Waals surface area contributed by atoms with Crippen LogP contribution in [0.25, 0.3) is 0 Å². The minimum Gasteiger partial charge on any atom is -0.495 e. The molecule has 1 aromatic rings. The molecule has 0 aromatic heterocycles. The van der Waals surface area contributed by atoms with Crippen molar-refractivity contribution in [2.24, 2.45) is 11.8 Å². The smallest absolute Gasteiger partial charge is 0.258 e. The van der Waals surface area contributed by atoms with E-state index in [1.165, 1.54) is 32.8 Å². The topological polar surface area (TPSA) is 71.3 Å². The Bertz CT molecular complexity index is 588. The summed E-state index contributed by atoms with van der Waals surface area (Å²) in [5.74, 6) is 2.25. The van der Waals surface area contributed by atoms with Gasteiger partial charge in [0.2, 0.25) is 0 Å². The minimum atomic E-state index is -0.0767. The maximum atomic E-state index is 12.0. The van der Waals surface area contributed by atoms with Crippen molar-refractivity contribution < 1.29 is 14.3 Å². The summed E-state index contributed by atoms with van der Waals surface area (Å²) in [6, 6.07) is 7.32. The Morgan fingerprint density at radius 3 is 2.59 bits per heavy atom. The van der Waals surface area contributed by atoms with Gasteiger partial charge in [0.15, 0.2) is 6.61 Å². The van der Waals surface area contributed by atoms with Gasteiger partial charge in [-0.3, -0.25) is 4.79 Å². The van der Waals surface area contributed by atoms with Crippen LogP contribution in [0.5, 0.6) is 11.5 Å². The molecule has 1 aromatic carbocycles. The van der Waals surface area contributed by atoms with Crippen molar-refractivity contribution in [3.8, 4) is 17.6 Å². The Hall–Kier alpha value is -2.22. The number of amides is 1. The summed E-state index contributed by atoms with van der Waals surface area (Å²) >= 11 is 0. The molecular formula is C17H20N2O3. The number of carbonyl (C=O) groups is 1. The first-order chi connectivity index (χ1) is 10.7. The lowest BCUT2D eigenvalue weighted by Gasteiger charge is -2.17. The third kappa shape index (κ3) is 3.51. The van der Waals surface area contributed by atoms with Gasteiger partial charge in [-0.2, -0.15) is 5.26 Å². The molecule has 5 nitrogen and oxygen atoms in total. The van der Waals surface area contributed by atoms with E-state index >= 15 is 0 Å². The number of hydrogen-bond donors (Lipinski definition) is 1. The van der Waals surface area contributed by atoms with E-state index in [-0.39, 0.29) is 12.5 Å². The van der Waals surface area contributed by atoms with E-state index in [0.29, 0.717) is 34.9 Å². The van der Waals surface area contributed by atoms with Crippen LogP contribution in [-0.4, -0.2) is 25.7 Å². The number of nitriles is 1. The molecular weight excluding hydrogens is 280 g/mol. The number of ether oxygens (including phenoxy) is 2. The Labute approximate surface area is 130 Å². The average molecular weight is 300 g/mol. The first kappa shape index (κ1) is 14.7. The fraction of sp³-hybridized carbons (Fsp3) is 0.529. The van der Waals surface area contributed by atoms with Crippen molar-refractivity contribution in [3.05, 3.63) is 23.8 Å². The third-order valence-corrected chi connectivity index (χ3v) is 4.25. The molecule has 2 aliphatic carbocycles. The van der Waals surface area contributed by atoms with Crippen LogP contribution >= 0.6 is 0 Å². The van der Waals surface area contributed by atoms with Crippen LogP contribution in [0.1, 0.15) is 31.2 Å². The zero-order valence-electron chi connectivity index (χ0n) is 12.7. The van der Waals surface area contributed by atoms with Crippen molar-refractivity contribution in [2.45, 2.75) is 31.7 Å². The van der Waals surface area contributed by atoms with Crippen LogP contribution in [0.2, 0.25) is 0 Å². The first-order valence-electron chi connectivity index (χ1n) is 7.71. The van der Waals surface area contributed by atoms with Crippen molar-refractivity contribution in [2.75, 3.05) is 13.7 Å². The molecule has 5 heteroatoms. The van der Waals surface area contributed by atoms with Gasteiger partial charge in [0.25, 0.3) is 5.91 Å². The Morgan fingerprint density at radius 1 is 1.36 bits per heavy atom. The van der Waals surface area contributed by atoms with E-state index in [0.717, 1.165) is 0 Å². The van der Waals surface area contributed by atoms with E-state index in [4.69, 9.17) is 14.7 Å². The number of nitrogens with zero attached hydrogens (tertiary/aromatic N) is 1. The number of carbonyl (C=O) groups excluding carboxylic acids is 1. The predicted molar refractivity (Wildman–Crippen MR) is 80.6 cm³/mol. The lowest BCUT2D eigenvalue weighted by atomic mass is 10.1. The second-order valence-electron chi connectivity index (χ2n) is 6.03. The lowest BCUT2D eigenvalue weighted by Crippen LogP contribution is -2.40. The molecule has 0 heterocycles. The number of hydrogen-bond acceptors (Lipinski definition) is 4. The highest BCUT2D eigenvalue weighted by atomic mass is 16.5. The Kier molecular flexibility index (Phi) is 4.19. The molecule has 0 unspecified atom stereocenters. The Morgan fingerprint density at radius 2 is 2.05 bits per heavy atom. The second-order valence-corrected chi connectivity index (χ2v) is 6.03. The molecule has 3 rings (SSSR count). The summed E-state index contributed by atoms with van der Waals surface area (Å²) in [6.07, 6.45) is 4.93. The molecule has 0 spiro atoms. The highest BCUT2D eigenvalue weighted by Crippen LogP contribution is 2.44. The molecule has 0 bridgehead atoms. The molecule has 0 aliphatic heterocycles. The van der Waals surface area contributed by atoms with Crippen LogP contribution in [0.4, 0.5) is 0 Å². The van der Waals surface area contributed by atoms with Crippen molar-refractivity contribution in [3.63, 3.8) is 0 Å². The van der Waals surface area contributed by atoms with E-state index in [2.05, 4.69) is 5.32 Å². The predicted octanol–water partition coefficient (Wildman–Crippen LogP) is 2.25.